The fourth-order valence-electron chi connectivity index (χ4n) is 3.42. The van der Waals surface area contributed by atoms with Crippen LogP contribution in [0.2, 0.25) is 10.0 Å². The molecule has 1 atom stereocenters. The van der Waals surface area contributed by atoms with Gasteiger partial charge in [-0.3, -0.25) is 0 Å². The predicted octanol–water partition coefficient (Wildman–Crippen LogP) is 5.01. The fourth-order valence-corrected chi connectivity index (χ4v) is 3.78. The van der Waals surface area contributed by atoms with Gasteiger partial charge in [0.2, 0.25) is 0 Å². The van der Waals surface area contributed by atoms with Crippen molar-refractivity contribution >= 4 is 39.9 Å². The van der Waals surface area contributed by atoms with Crippen LogP contribution < -0.4 is 4.90 Å². The molecule has 0 amide bonds. The number of hydrogen-bond acceptors (Lipinski definition) is 4. The van der Waals surface area contributed by atoms with Gasteiger partial charge in [0.1, 0.15) is 5.82 Å². The summed E-state index contributed by atoms with van der Waals surface area (Å²) < 4.78 is 1.93. The SMILES string of the molecule is [N-]=[N+]=NC[C@@H]1CCCN1c1cc(-n2ccnc2)c2ccc(Cl)c(Cl)c2n1. The Morgan fingerprint density at radius 2 is 2.23 bits per heavy atom. The minimum absolute atomic E-state index is 0.129. The zero-order chi connectivity index (χ0) is 18.1. The Bertz CT molecular complexity index is 996. The number of pyridine rings is 1. The van der Waals surface area contributed by atoms with Gasteiger partial charge >= 0.3 is 0 Å². The minimum atomic E-state index is 0.129. The minimum Gasteiger partial charge on any atom is -0.353 e. The van der Waals surface area contributed by atoms with E-state index in [4.69, 9.17) is 33.7 Å². The second-order valence-electron chi connectivity index (χ2n) is 6.13. The van der Waals surface area contributed by atoms with Crippen LogP contribution in [0, 0.1) is 0 Å². The first-order valence-electron chi connectivity index (χ1n) is 8.23. The smallest absolute Gasteiger partial charge is 0.131 e. The van der Waals surface area contributed by atoms with Crippen LogP contribution in [0.4, 0.5) is 5.82 Å². The van der Waals surface area contributed by atoms with Gasteiger partial charge in [0.25, 0.3) is 0 Å². The average Bonchev–Trinajstić information content (AvgIpc) is 3.34. The van der Waals surface area contributed by atoms with Gasteiger partial charge in [0, 0.05) is 47.9 Å². The van der Waals surface area contributed by atoms with Crippen LogP contribution in [-0.4, -0.2) is 33.7 Å². The molecule has 3 aromatic rings. The van der Waals surface area contributed by atoms with Gasteiger partial charge in [-0.1, -0.05) is 28.3 Å². The first kappa shape index (κ1) is 17.0. The number of nitrogens with zero attached hydrogens (tertiary/aromatic N) is 7. The van der Waals surface area contributed by atoms with Crippen LogP contribution in [0.25, 0.3) is 27.0 Å². The van der Waals surface area contributed by atoms with Crippen molar-refractivity contribution in [1.29, 1.82) is 0 Å². The molecule has 1 fully saturated rings. The van der Waals surface area contributed by atoms with E-state index in [2.05, 4.69) is 19.9 Å². The number of imidazole rings is 1. The normalized spacial score (nSPS) is 16.8. The molecule has 9 heteroatoms. The largest absolute Gasteiger partial charge is 0.353 e. The Hall–Kier alpha value is -2.47. The Morgan fingerprint density at radius 3 is 3.00 bits per heavy atom. The lowest BCUT2D eigenvalue weighted by Gasteiger charge is -2.26. The molecule has 0 saturated carbocycles. The van der Waals surface area contributed by atoms with Crippen molar-refractivity contribution in [1.82, 2.24) is 14.5 Å². The second kappa shape index (κ2) is 7.03. The van der Waals surface area contributed by atoms with E-state index in [1.165, 1.54) is 0 Å². The van der Waals surface area contributed by atoms with E-state index < -0.39 is 0 Å². The Labute approximate surface area is 159 Å². The van der Waals surface area contributed by atoms with Crippen LogP contribution in [0.3, 0.4) is 0 Å². The molecule has 4 rings (SSSR count). The molecule has 1 aliphatic rings. The molecule has 7 nitrogen and oxygen atoms in total. The summed E-state index contributed by atoms with van der Waals surface area (Å²) in [6, 6.07) is 5.83. The lowest BCUT2D eigenvalue weighted by Crippen LogP contribution is -2.32. The van der Waals surface area contributed by atoms with Crippen molar-refractivity contribution in [3.63, 3.8) is 0 Å². The van der Waals surface area contributed by atoms with E-state index in [0.29, 0.717) is 22.1 Å². The van der Waals surface area contributed by atoms with E-state index in [1.54, 1.807) is 18.6 Å². The summed E-state index contributed by atoms with van der Waals surface area (Å²) in [5.74, 6) is 0.793. The molecule has 0 spiro atoms. The molecule has 3 heterocycles. The van der Waals surface area contributed by atoms with Crippen molar-refractivity contribution in [3.05, 3.63) is 57.4 Å². The third-order valence-electron chi connectivity index (χ3n) is 4.65. The number of azide groups is 1. The molecular formula is C17H15Cl2N7. The van der Waals surface area contributed by atoms with Crippen LogP contribution in [0.1, 0.15) is 12.8 Å². The predicted molar refractivity (Wildman–Crippen MR) is 103 cm³/mol. The maximum Gasteiger partial charge on any atom is 0.131 e. The van der Waals surface area contributed by atoms with E-state index in [-0.39, 0.29) is 6.04 Å². The molecule has 26 heavy (non-hydrogen) atoms. The van der Waals surface area contributed by atoms with Crippen molar-refractivity contribution in [2.45, 2.75) is 18.9 Å². The van der Waals surface area contributed by atoms with Crippen molar-refractivity contribution in [2.75, 3.05) is 18.0 Å². The highest BCUT2D eigenvalue weighted by atomic mass is 35.5. The summed E-state index contributed by atoms with van der Waals surface area (Å²) >= 11 is 12.7. The summed E-state index contributed by atoms with van der Waals surface area (Å²) in [6.45, 7) is 1.27. The topological polar surface area (TPSA) is 82.7 Å². The number of hydrogen-bond donors (Lipinski definition) is 0. The molecule has 0 aliphatic carbocycles. The maximum absolute atomic E-state index is 8.64. The highest BCUT2D eigenvalue weighted by molar-refractivity contribution is 6.45. The Kier molecular flexibility index (Phi) is 4.59. The number of fused-ring (bicyclic) bond motifs is 1. The zero-order valence-corrected chi connectivity index (χ0v) is 15.3. The van der Waals surface area contributed by atoms with E-state index in [0.717, 1.165) is 36.3 Å². The molecule has 1 aromatic carbocycles. The fraction of sp³-hybridized carbons (Fsp3) is 0.294. The average molecular weight is 388 g/mol. The number of anilines is 1. The van der Waals surface area contributed by atoms with Gasteiger partial charge in [0.15, 0.2) is 0 Å². The number of halogens is 2. The molecule has 132 valence electrons. The highest BCUT2D eigenvalue weighted by Gasteiger charge is 2.26. The third kappa shape index (κ3) is 2.94. The highest BCUT2D eigenvalue weighted by Crippen LogP contribution is 2.36. The summed E-state index contributed by atoms with van der Waals surface area (Å²) in [5.41, 5.74) is 10.2. The van der Waals surface area contributed by atoms with Gasteiger partial charge in [-0.15, -0.1) is 0 Å². The molecule has 2 aromatic heterocycles. The summed E-state index contributed by atoms with van der Waals surface area (Å²) in [4.78, 5) is 14.0. The molecule has 0 N–H and O–H groups in total. The summed E-state index contributed by atoms with van der Waals surface area (Å²) in [6.07, 6.45) is 7.33. The van der Waals surface area contributed by atoms with Crippen molar-refractivity contribution in [3.8, 4) is 5.69 Å². The van der Waals surface area contributed by atoms with E-state index >= 15 is 0 Å². The monoisotopic (exact) mass is 387 g/mol. The molecule has 1 aliphatic heterocycles. The second-order valence-corrected chi connectivity index (χ2v) is 6.92. The maximum atomic E-state index is 8.64. The summed E-state index contributed by atoms with van der Waals surface area (Å²) in [5, 5.41) is 5.53. The molecule has 0 unspecified atom stereocenters. The first-order chi connectivity index (χ1) is 12.7. The van der Waals surface area contributed by atoms with Gasteiger partial charge in [-0.25, -0.2) is 9.97 Å². The van der Waals surface area contributed by atoms with Gasteiger partial charge in [0.05, 0.1) is 27.6 Å². The molecule has 0 radical (unpaired) electrons. The number of benzene rings is 1. The van der Waals surface area contributed by atoms with Crippen molar-refractivity contribution in [2.24, 2.45) is 5.11 Å². The van der Waals surface area contributed by atoms with E-state index in [9.17, 15) is 0 Å². The van der Waals surface area contributed by atoms with Crippen LogP contribution in [-0.2, 0) is 0 Å². The molecular weight excluding hydrogens is 373 g/mol. The van der Waals surface area contributed by atoms with Crippen LogP contribution in [0.15, 0.2) is 42.0 Å². The Balaban J connectivity index is 1.90. The standard InChI is InChI=1S/C17H15Cl2N7/c18-13-4-3-12-14(25-7-5-21-10-25)8-15(23-17(12)16(13)19)26-6-1-2-11(26)9-22-24-20/h3-5,7-8,10-11H,1-2,6,9H2/t11-/m0/s1. The quantitative estimate of drug-likeness (QED) is 0.358. The third-order valence-corrected chi connectivity index (χ3v) is 5.44. The van der Waals surface area contributed by atoms with Crippen LogP contribution >= 0.6 is 23.2 Å². The van der Waals surface area contributed by atoms with Crippen molar-refractivity contribution < 1.29 is 0 Å². The van der Waals surface area contributed by atoms with Gasteiger partial charge in [-0.05, 0) is 30.5 Å². The summed E-state index contributed by atoms with van der Waals surface area (Å²) in [7, 11) is 0. The van der Waals surface area contributed by atoms with Gasteiger partial charge < -0.3 is 9.47 Å². The zero-order valence-electron chi connectivity index (χ0n) is 13.8. The van der Waals surface area contributed by atoms with E-state index in [1.807, 2.05) is 22.9 Å². The lowest BCUT2D eigenvalue weighted by molar-refractivity contribution is 0.670. The number of rotatable bonds is 4. The lowest BCUT2D eigenvalue weighted by atomic mass is 10.1. The number of aromatic nitrogens is 3. The molecule has 1 saturated heterocycles. The Morgan fingerprint density at radius 1 is 1.35 bits per heavy atom. The first-order valence-corrected chi connectivity index (χ1v) is 8.99. The van der Waals surface area contributed by atoms with Gasteiger partial charge in [-0.2, -0.15) is 0 Å². The molecule has 0 bridgehead atoms. The van der Waals surface area contributed by atoms with Crippen LogP contribution in [0.5, 0.6) is 0 Å².